The molecule has 3 nitrogen and oxygen atoms in total. The zero-order valence-corrected chi connectivity index (χ0v) is 14.0. The highest BCUT2D eigenvalue weighted by Crippen LogP contribution is 2.26. The second-order valence-corrected chi connectivity index (χ2v) is 7.42. The Hall–Kier alpha value is -0.850. The molecule has 0 aliphatic carbocycles. The van der Waals surface area contributed by atoms with E-state index in [2.05, 4.69) is 36.6 Å². The van der Waals surface area contributed by atoms with Gasteiger partial charge in [0.15, 0.2) is 0 Å². The summed E-state index contributed by atoms with van der Waals surface area (Å²) in [5.74, 6) is 0. The van der Waals surface area contributed by atoms with Crippen LogP contribution in [0.4, 0.5) is 5.69 Å². The van der Waals surface area contributed by atoms with Crippen molar-refractivity contribution in [3.8, 4) is 0 Å². The van der Waals surface area contributed by atoms with Crippen molar-refractivity contribution in [2.75, 3.05) is 4.72 Å². The van der Waals surface area contributed by atoms with Crippen LogP contribution in [0.25, 0.3) is 0 Å². The van der Waals surface area contributed by atoms with Crippen LogP contribution in [0.2, 0.25) is 0 Å². The van der Waals surface area contributed by atoms with Crippen LogP contribution < -0.4 is 4.72 Å². The van der Waals surface area contributed by atoms with Gasteiger partial charge < -0.3 is 0 Å². The Bertz CT molecular complexity index is 714. The highest BCUT2D eigenvalue weighted by Gasteiger charge is 2.17. The number of nitrogens with one attached hydrogen (secondary N) is 1. The highest BCUT2D eigenvalue weighted by molar-refractivity contribution is 9.10. The van der Waals surface area contributed by atoms with Gasteiger partial charge in [-0.25, -0.2) is 8.42 Å². The van der Waals surface area contributed by atoms with Crippen molar-refractivity contribution in [2.45, 2.75) is 11.8 Å². The number of hydrogen-bond acceptors (Lipinski definition) is 2. The van der Waals surface area contributed by atoms with Crippen molar-refractivity contribution in [3.63, 3.8) is 0 Å². The summed E-state index contributed by atoms with van der Waals surface area (Å²) in [5, 5.41) is 0. The van der Waals surface area contributed by atoms with Crippen LogP contribution in [-0.2, 0) is 10.0 Å². The first-order valence-corrected chi connectivity index (χ1v) is 8.50. The summed E-state index contributed by atoms with van der Waals surface area (Å²) in [7, 11) is -3.59. The minimum atomic E-state index is -3.59. The summed E-state index contributed by atoms with van der Waals surface area (Å²) in [5.41, 5.74) is 1.42. The van der Waals surface area contributed by atoms with E-state index >= 15 is 0 Å². The molecule has 2 aromatic rings. The van der Waals surface area contributed by atoms with Gasteiger partial charge in [-0.3, -0.25) is 4.72 Å². The standard InChI is InChI=1S/C13H11Br2NO2S/c1-9-8-10(14)6-7-12(9)16-19(17,18)13-5-3-2-4-11(13)15/h2-8,16H,1H3. The second-order valence-electron chi connectivity index (χ2n) is 4.00. The van der Waals surface area contributed by atoms with E-state index in [0.717, 1.165) is 10.0 Å². The van der Waals surface area contributed by atoms with Gasteiger partial charge in [-0.05, 0) is 58.7 Å². The van der Waals surface area contributed by atoms with E-state index in [1.165, 1.54) is 0 Å². The quantitative estimate of drug-likeness (QED) is 0.827. The summed E-state index contributed by atoms with van der Waals surface area (Å²) in [4.78, 5) is 0.220. The predicted octanol–water partition coefficient (Wildman–Crippen LogP) is 4.32. The summed E-state index contributed by atoms with van der Waals surface area (Å²) >= 11 is 6.60. The fourth-order valence-electron chi connectivity index (χ4n) is 1.60. The molecule has 0 fully saturated rings. The van der Waals surface area contributed by atoms with Gasteiger partial charge in [0.1, 0.15) is 4.90 Å². The molecular formula is C13H11Br2NO2S. The Balaban J connectivity index is 2.40. The molecule has 0 saturated heterocycles. The summed E-state index contributed by atoms with van der Waals surface area (Å²) in [6.45, 7) is 1.85. The van der Waals surface area contributed by atoms with E-state index < -0.39 is 10.0 Å². The van der Waals surface area contributed by atoms with Crippen molar-refractivity contribution in [1.29, 1.82) is 0 Å². The molecule has 2 rings (SSSR count). The van der Waals surface area contributed by atoms with Gasteiger partial charge in [0, 0.05) is 8.95 Å². The molecule has 0 aliphatic rings. The third kappa shape index (κ3) is 3.38. The topological polar surface area (TPSA) is 46.2 Å². The SMILES string of the molecule is Cc1cc(Br)ccc1NS(=O)(=O)c1ccccc1Br. The third-order valence-electron chi connectivity index (χ3n) is 2.56. The Kier molecular flexibility index (Phi) is 4.32. The van der Waals surface area contributed by atoms with Crippen molar-refractivity contribution in [2.24, 2.45) is 0 Å². The lowest BCUT2D eigenvalue weighted by molar-refractivity contribution is 0.600. The molecule has 0 aliphatic heterocycles. The van der Waals surface area contributed by atoms with Crippen molar-refractivity contribution < 1.29 is 8.42 Å². The molecule has 0 atom stereocenters. The van der Waals surface area contributed by atoms with Crippen LogP contribution in [0.15, 0.2) is 56.3 Å². The largest absolute Gasteiger partial charge is 0.279 e. The maximum atomic E-state index is 12.3. The van der Waals surface area contributed by atoms with Gasteiger partial charge in [-0.2, -0.15) is 0 Å². The molecule has 19 heavy (non-hydrogen) atoms. The van der Waals surface area contributed by atoms with Crippen LogP contribution in [0, 0.1) is 6.92 Å². The van der Waals surface area contributed by atoms with Gasteiger partial charge in [0.2, 0.25) is 0 Å². The first kappa shape index (κ1) is 14.6. The summed E-state index contributed by atoms with van der Waals surface area (Å²) < 4.78 is 28.7. The van der Waals surface area contributed by atoms with Gasteiger partial charge >= 0.3 is 0 Å². The molecule has 2 aromatic carbocycles. The Labute approximate surface area is 129 Å². The molecule has 0 spiro atoms. The molecular weight excluding hydrogens is 394 g/mol. The van der Waals surface area contributed by atoms with E-state index in [1.807, 2.05) is 13.0 Å². The summed E-state index contributed by atoms with van der Waals surface area (Å²) in [6, 6.07) is 12.1. The van der Waals surface area contributed by atoms with Crippen LogP contribution in [0.5, 0.6) is 0 Å². The molecule has 100 valence electrons. The normalized spacial score (nSPS) is 11.3. The number of halogens is 2. The van der Waals surface area contributed by atoms with Crippen LogP contribution in [-0.4, -0.2) is 8.42 Å². The van der Waals surface area contributed by atoms with Gasteiger partial charge in [0.25, 0.3) is 10.0 Å². The molecule has 6 heteroatoms. The average Bonchev–Trinajstić information content (AvgIpc) is 2.33. The lowest BCUT2D eigenvalue weighted by Gasteiger charge is -2.11. The fourth-order valence-corrected chi connectivity index (χ4v) is 4.21. The average molecular weight is 405 g/mol. The van der Waals surface area contributed by atoms with Gasteiger partial charge in [0.05, 0.1) is 5.69 Å². The second kappa shape index (κ2) is 5.64. The van der Waals surface area contributed by atoms with E-state index in [-0.39, 0.29) is 4.90 Å². The molecule has 0 amide bonds. The molecule has 0 unspecified atom stereocenters. The number of sulfonamides is 1. The van der Waals surface area contributed by atoms with Crippen LogP contribution in [0.1, 0.15) is 5.56 Å². The van der Waals surface area contributed by atoms with Crippen LogP contribution >= 0.6 is 31.9 Å². The zero-order valence-electron chi connectivity index (χ0n) is 10.0. The lowest BCUT2D eigenvalue weighted by Crippen LogP contribution is -2.14. The Morgan fingerprint density at radius 2 is 1.74 bits per heavy atom. The summed E-state index contributed by atoms with van der Waals surface area (Å²) in [6.07, 6.45) is 0. The molecule has 0 saturated carbocycles. The number of benzene rings is 2. The predicted molar refractivity (Wildman–Crippen MR) is 83.8 cm³/mol. The maximum absolute atomic E-state index is 12.3. The Morgan fingerprint density at radius 1 is 1.05 bits per heavy atom. The zero-order chi connectivity index (χ0) is 14.0. The van der Waals surface area contributed by atoms with Crippen molar-refractivity contribution >= 4 is 47.6 Å². The molecule has 0 bridgehead atoms. The first-order chi connectivity index (χ1) is 8.90. The van der Waals surface area contributed by atoms with E-state index in [0.29, 0.717) is 10.2 Å². The maximum Gasteiger partial charge on any atom is 0.263 e. The van der Waals surface area contributed by atoms with Crippen molar-refractivity contribution in [1.82, 2.24) is 0 Å². The van der Waals surface area contributed by atoms with Gasteiger partial charge in [-0.1, -0.05) is 28.1 Å². The van der Waals surface area contributed by atoms with E-state index in [4.69, 9.17) is 0 Å². The molecule has 0 radical (unpaired) electrons. The number of aryl methyl sites for hydroxylation is 1. The van der Waals surface area contributed by atoms with Crippen LogP contribution in [0.3, 0.4) is 0 Å². The van der Waals surface area contributed by atoms with E-state index in [1.54, 1.807) is 36.4 Å². The van der Waals surface area contributed by atoms with E-state index in [9.17, 15) is 8.42 Å². The van der Waals surface area contributed by atoms with Crippen molar-refractivity contribution in [3.05, 3.63) is 57.0 Å². The molecule has 0 aromatic heterocycles. The minimum absolute atomic E-state index is 0.220. The smallest absolute Gasteiger partial charge is 0.263 e. The number of hydrogen-bond donors (Lipinski definition) is 1. The minimum Gasteiger partial charge on any atom is -0.279 e. The lowest BCUT2D eigenvalue weighted by atomic mass is 10.2. The fraction of sp³-hybridized carbons (Fsp3) is 0.0769. The first-order valence-electron chi connectivity index (χ1n) is 5.43. The van der Waals surface area contributed by atoms with Gasteiger partial charge in [-0.15, -0.1) is 0 Å². The monoisotopic (exact) mass is 403 g/mol. The third-order valence-corrected chi connectivity index (χ3v) is 5.43. The molecule has 1 N–H and O–H groups in total. The molecule has 0 heterocycles. The number of rotatable bonds is 3. The number of anilines is 1. The Morgan fingerprint density at radius 3 is 2.37 bits per heavy atom. The highest BCUT2D eigenvalue weighted by atomic mass is 79.9.